The zero-order chi connectivity index (χ0) is 30.0. The van der Waals surface area contributed by atoms with Gasteiger partial charge in [0, 0.05) is 31.3 Å². The van der Waals surface area contributed by atoms with Crippen molar-refractivity contribution >= 4 is 34.2 Å². The van der Waals surface area contributed by atoms with Crippen LogP contribution in [0.25, 0.3) is 11.2 Å². The Kier molecular flexibility index (Phi) is 8.34. The quantitative estimate of drug-likeness (QED) is 0.241. The van der Waals surface area contributed by atoms with Gasteiger partial charge in [-0.25, -0.2) is 23.9 Å². The summed E-state index contributed by atoms with van der Waals surface area (Å²) in [5, 5.41) is 12.4. The van der Waals surface area contributed by atoms with Crippen LogP contribution in [0.1, 0.15) is 50.2 Å². The molecular weight excluding hydrogens is 559 g/mol. The maximum absolute atomic E-state index is 14.2. The summed E-state index contributed by atoms with van der Waals surface area (Å²) < 4.78 is 16.9. The monoisotopic (exact) mass is 590 g/mol. The van der Waals surface area contributed by atoms with E-state index in [4.69, 9.17) is 5.11 Å². The van der Waals surface area contributed by atoms with E-state index in [1.807, 2.05) is 31.3 Å². The lowest BCUT2D eigenvalue weighted by atomic mass is 10.1. The number of hydrogen-bond donors (Lipinski definition) is 3. The first-order valence-electron chi connectivity index (χ1n) is 13.5. The number of thiazole rings is 1. The van der Waals surface area contributed by atoms with Gasteiger partial charge in [0.1, 0.15) is 22.0 Å². The molecule has 0 saturated heterocycles. The molecule has 5 aromatic rings. The zero-order valence-corrected chi connectivity index (χ0v) is 24.3. The molecule has 1 saturated carbocycles. The van der Waals surface area contributed by atoms with Crippen molar-refractivity contribution in [3.8, 4) is 0 Å². The van der Waals surface area contributed by atoms with Crippen LogP contribution in [-0.2, 0) is 19.5 Å². The van der Waals surface area contributed by atoms with Crippen molar-refractivity contribution in [2.75, 3.05) is 12.4 Å². The standard InChI is InChI=1S/C24H24FN5O2.C6H7NO2S/c1-26-18-10-8-15(9-11-18)12-20-27-21-22(28-20)29(13-16-6-7-16)24(32)30(23(21)31)14-17-4-2-3-5-19(17)25;1-3-5(6(8)9)10-4(2)7-3/h2-5,8-11,16,26H,6-7,12-14H2,1H3,(H,27,28);1-2H3,(H,8,9). The average Bonchev–Trinajstić information content (AvgIpc) is 3.59. The number of H-pyrrole nitrogens is 1. The molecule has 0 bridgehead atoms. The number of aromatic carboxylic acids is 1. The molecule has 0 amide bonds. The highest BCUT2D eigenvalue weighted by Crippen LogP contribution is 2.30. The Labute approximate surface area is 244 Å². The molecule has 1 fully saturated rings. The number of aryl methyl sites for hydroxylation is 2. The van der Waals surface area contributed by atoms with Crippen LogP contribution in [0.15, 0.2) is 58.1 Å². The number of anilines is 1. The van der Waals surface area contributed by atoms with E-state index in [0.29, 0.717) is 46.5 Å². The molecule has 3 aromatic heterocycles. The van der Waals surface area contributed by atoms with Gasteiger partial charge in [-0.2, -0.15) is 0 Å². The molecule has 12 heteroatoms. The van der Waals surface area contributed by atoms with Gasteiger partial charge < -0.3 is 15.4 Å². The highest BCUT2D eigenvalue weighted by molar-refractivity contribution is 7.13. The largest absolute Gasteiger partial charge is 0.477 e. The highest BCUT2D eigenvalue weighted by atomic mass is 32.1. The van der Waals surface area contributed by atoms with Crippen LogP contribution in [0, 0.1) is 25.6 Å². The molecule has 6 rings (SSSR count). The predicted molar refractivity (Wildman–Crippen MR) is 160 cm³/mol. The van der Waals surface area contributed by atoms with Crippen LogP contribution < -0.4 is 16.6 Å². The second-order valence-electron chi connectivity index (χ2n) is 10.3. The molecule has 10 nitrogen and oxygen atoms in total. The van der Waals surface area contributed by atoms with Gasteiger partial charge >= 0.3 is 11.7 Å². The fourth-order valence-corrected chi connectivity index (χ4v) is 5.43. The smallest absolute Gasteiger partial charge is 0.347 e. The molecule has 0 spiro atoms. The highest BCUT2D eigenvalue weighted by Gasteiger charge is 2.26. The van der Waals surface area contributed by atoms with E-state index < -0.39 is 23.0 Å². The second-order valence-corrected chi connectivity index (χ2v) is 11.5. The molecule has 2 aromatic carbocycles. The van der Waals surface area contributed by atoms with Gasteiger partial charge in [0.25, 0.3) is 5.56 Å². The van der Waals surface area contributed by atoms with Crippen LogP contribution in [0.5, 0.6) is 0 Å². The Morgan fingerprint density at radius 3 is 2.38 bits per heavy atom. The van der Waals surface area contributed by atoms with E-state index in [9.17, 15) is 18.8 Å². The van der Waals surface area contributed by atoms with Gasteiger partial charge in [0.05, 0.1) is 17.2 Å². The maximum Gasteiger partial charge on any atom is 0.347 e. The summed E-state index contributed by atoms with van der Waals surface area (Å²) in [6.45, 7) is 3.88. The van der Waals surface area contributed by atoms with Crippen molar-refractivity contribution in [3.05, 3.63) is 108 Å². The summed E-state index contributed by atoms with van der Waals surface area (Å²) in [5.41, 5.74) is 2.67. The van der Waals surface area contributed by atoms with Gasteiger partial charge in [-0.1, -0.05) is 30.3 Å². The van der Waals surface area contributed by atoms with Crippen molar-refractivity contribution in [1.29, 1.82) is 0 Å². The minimum atomic E-state index is -0.886. The number of nitrogens with zero attached hydrogens (tertiary/aromatic N) is 4. The predicted octanol–water partition coefficient (Wildman–Crippen LogP) is 4.57. The Hall–Kier alpha value is -4.58. The van der Waals surface area contributed by atoms with Crippen LogP contribution in [0.3, 0.4) is 0 Å². The summed E-state index contributed by atoms with van der Waals surface area (Å²) >= 11 is 1.21. The summed E-state index contributed by atoms with van der Waals surface area (Å²) in [6, 6.07) is 14.1. The Morgan fingerprint density at radius 1 is 1.10 bits per heavy atom. The summed E-state index contributed by atoms with van der Waals surface area (Å²) in [6.07, 6.45) is 2.61. The first kappa shape index (κ1) is 28.9. The number of halogens is 1. The number of aromatic amines is 1. The first-order chi connectivity index (χ1) is 20.1. The molecule has 42 heavy (non-hydrogen) atoms. The molecule has 3 N–H and O–H groups in total. The van der Waals surface area contributed by atoms with Crippen molar-refractivity contribution in [2.24, 2.45) is 5.92 Å². The Balaban J connectivity index is 0.000000300. The summed E-state index contributed by atoms with van der Waals surface area (Å²) in [5.74, 6) is -0.308. The number of imidazole rings is 1. The van der Waals surface area contributed by atoms with Gasteiger partial charge in [0.15, 0.2) is 5.65 Å². The number of carbonyl (C=O) groups is 1. The third-order valence-electron chi connectivity index (χ3n) is 7.05. The van der Waals surface area contributed by atoms with Crippen molar-refractivity contribution in [1.82, 2.24) is 24.1 Å². The number of carboxylic acids is 1. The van der Waals surface area contributed by atoms with E-state index in [1.54, 1.807) is 36.6 Å². The minimum Gasteiger partial charge on any atom is -0.477 e. The number of fused-ring (bicyclic) bond motifs is 1. The number of rotatable bonds is 8. The van der Waals surface area contributed by atoms with E-state index >= 15 is 0 Å². The molecule has 0 unspecified atom stereocenters. The number of benzene rings is 2. The molecule has 0 aliphatic heterocycles. The average molecular weight is 591 g/mol. The number of carboxylic acid groups (broad SMARTS) is 1. The Bertz CT molecular complexity index is 1870. The van der Waals surface area contributed by atoms with Gasteiger partial charge in [-0.3, -0.25) is 13.9 Å². The second kappa shape index (κ2) is 12.1. The topological polar surface area (TPSA) is 135 Å². The molecule has 1 aliphatic carbocycles. The number of nitrogens with one attached hydrogen (secondary N) is 2. The van der Waals surface area contributed by atoms with Crippen LogP contribution in [0.2, 0.25) is 0 Å². The van der Waals surface area contributed by atoms with E-state index in [1.165, 1.54) is 17.4 Å². The molecule has 0 atom stereocenters. The zero-order valence-electron chi connectivity index (χ0n) is 23.5. The molecule has 1 aliphatic rings. The van der Waals surface area contributed by atoms with E-state index in [0.717, 1.165) is 33.7 Å². The lowest BCUT2D eigenvalue weighted by Crippen LogP contribution is -2.40. The fourth-order valence-electron chi connectivity index (χ4n) is 4.67. The molecule has 3 heterocycles. The summed E-state index contributed by atoms with van der Waals surface area (Å²) in [4.78, 5) is 49.0. The summed E-state index contributed by atoms with van der Waals surface area (Å²) in [7, 11) is 1.86. The van der Waals surface area contributed by atoms with Gasteiger partial charge in [0.2, 0.25) is 0 Å². The number of hydrogen-bond acceptors (Lipinski definition) is 7. The van der Waals surface area contributed by atoms with Crippen molar-refractivity contribution < 1.29 is 14.3 Å². The van der Waals surface area contributed by atoms with Gasteiger partial charge in [-0.15, -0.1) is 11.3 Å². The first-order valence-corrected chi connectivity index (χ1v) is 14.4. The van der Waals surface area contributed by atoms with Crippen molar-refractivity contribution in [3.63, 3.8) is 0 Å². The minimum absolute atomic E-state index is 0.120. The molecular formula is C30H31FN6O4S. The normalized spacial score (nSPS) is 12.7. The van der Waals surface area contributed by atoms with Gasteiger partial charge in [-0.05, 0) is 56.4 Å². The fraction of sp³-hybridized carbons (Fsp3) is 0.300. The third-order valence-corrected chi connectivity index (χ3v) is 8.11. The molecule has 0 radical (unpaired) electrons. The van der Waals surface area contributed by atoms with Crippen molar-refractivity contribution in [2.45, 2.75) is 46.2 Å². The maximum atomic E-state index is 14.2. The Morgan fingerprint density at radius 2 is 1.81 bits per heavy atom. The van der Waals surface area contributed by atoms with Crippen LogP contribution in [0.4, 0.5) is 10.1 Å². The number of aromatic nitrogens is 5. The van der Waals surface area contributed by atoms with E-state index in [2.05, 4.69) is 20.3 Å². The SMILES string of the molecule is CNc1ccc(Cc2nc3c([nH]2)c(=O)n(Cc2ccccc2F)c(=O)n3CC2CC2)cc1.Cc1nc(C)c(C(=O)O)s1. The molecule has 218 valence electrons. The lowest BCUT2D eigenvalue weighted by molar-refractivity contribution is 0.0701. The lowest BCUT2D eigenvalue weighted by Gasteiger charge is -2.11. The van der Waals surface area contributed by atoms with Crippen LogP contribution >= 0.6 is 11.3 Å². The third kappa shape index (κ3) is 6.33. The van der Waals surface area contributed by atoms with Crippen LogP contribution in [-0.4, -0.2) is 42.2 Å². The van der Waals surface area contributed by atoms with E-state index in [-0.39, 0.29) is 12.1 Å².